The van der Waals surface area contributed by atoms with E-state index in [1.165, 1.54) is 18.2 Å². The van der Waals surface area contributed by atoms with Gasteiger partial charge in [-0.15, -0.1) is 0 Å². The van der Waals surface area contributed by atoms with Crippen LogP contribution in [0.15, 0.2) is 35.5 Å². The van der Waals surface area contributed by atoms with Gasteiger partial charge in [-0.2, -0.15) is 13.2 Å². The molecule has 1 aromatic rings. The zero-order valence-electron chi connectivity index (χ0n) is 8.35. The first-order valence-corrected chi connectivity index (χ1v) is 4.38. The Bertz CT molecular complexity index is 485. The molecule has 0 aliphatic carbocycles. The van der Waals surface area contributed by atoms with Crippen LogP contribution in [-0.4, -0.2) is 5.91 Å². The van der Waals surface area contributed by atoms with Crippen molar-refractivity contribution in [1.29, 1.82) is 0 Å². The van der Waals surface area contributed by atoms with E-state index in [1.54, 1.807) is 0 Å². The van der Waals surface area contributed by atoms with E-state index in [9.17, 15) is 18.0 Å². The van der Waals surface area contributed by atoms with Gasteiger partial charge in [-0.1, -0.05) is 18.2 Å². The summed E-state index contributed by atoms with van der Waals surface area (Å²) in [5, 5.41) is 2.77. The van der Waals surface area contributed by atoms with Crippen LogP contribution >= 0.6 is 0 Å². The Morgan fingerprint density at radius 3 is 2.35 bits per heavy atom. The number of nitrogens with zero attached hydrogens (tertiary/aromatic N) is 3. The summed E-state index contributed by atoms with van der Waals surface area (Å²) in [6.07, 6.45) is -2.15. The maximum absolute atomic E-state index is 12.2. The fourth-order valence-electron chi connectivity index (χ4n) is 1.03. The highest BCUT2D eigenvalue weighted by Gasteiger charge is 2.29. The molecule has 0 fully saturated rings. The molecule has 0 aliphatic rings. The van der Waals surface area contributed by atoms with Gasteiger partial charge in [0, 0.05) is 4.91 Å². The molecule has 0 N–H and O–H groups in total. The van der Waals surface area contributed by atoms with Crippen LogP contribution in [0, 0.1) is 0 Å². The van der Waals surface area contributed by atoms with Gasteiger partial charge >= 0.3 is 6.18 Å². The van der Waals surface area contributed by atoms with Gasteiger partial charge < -0.3 is 0 Å². The lowest BCUT2D eigenvalue weighted by Gasteiger charge is -2.05. The fraction of sp³-hybridized carbons (Fsp3) is 0.100. The molecule has 0 atom stereocenters. The number of azide groups is 1. The molecule has 88 valence electrons. The predicted octanol–water partition coefficient (Wildman–Crippen LogP) is 3.56. The van der Waals surface area contributed by atoms with Gasteiger partial charge in [0.25, 0.3) is 0 Å². The summed E-state index contributed by atoms with van der Waals surface area (Å²) in [6, 6.07) is 4.22. The monoisotopic (exact) mass is 241 g/mol. The minimum absolute atomic E-state index is 0.402. The van der Waals surface area contributed by atoms with Crippen LogP contribution in [-0.2, 0) is 11.0 Å². The molecule has 17 heavy (non-hydrogen) atoms. The predicted molar refractivity (Wildman–Crippen MR) is 54.6 cm³/mol. The van der Waals surface area contributed by atoms with Crippen LogP contribution in [0.5, 0.6) is 0 Å². The van der Waals surface area contributed by atoms with E-state index >= 15 is 0 Å². The Hall–Kier alpha value is -2.27. The van der Waals surface area contributed by atoms with Crippen LogP contribution in [0.2, 0.25) is 0 Å². The van der Waals surface area contributed by atoms with E-state index in [4.69, 9.17) is 5.53 Å². The molecular weight excluding hydrogens is 235 g/mol. The van der Waals surface area contributed by atoms with Crippen LogP contribution in [0.3, 0.4) is 0 Å². The highest BCUT2D eigenvalue weighted by Crippen LogP contribution is 2.29. The number of benzene rings is 1. The molecule has 7 heteroatoms. The molecule has 0 saturated carbocycles. The van der Waals surface area contributed by atoms with Crippen molar-refractivity contribution in [3.05, 3.63) is 51.9 Å². The van der Waals surface area contributed by atoms with Crippen molar-refractivity contribution < 1.29 is 18.0 Å². The van der Waals surface area contributed by atoms with E-state index in [2.05, 4.69) is 10.0 Å². The van der Waals surface area contributed by atoms with Crippen molar-refractivity contribution in [2.24, 2.45) is 5.11 Å². The number of alkyl halides is 3. The number of amides is 1. The largest absolute Gasteiger partial charge is 0.416 e. The summed E-state index contributed by atoms with van der Waals surface area (Å²) >= 11 is 0. The first kappa shape index (κ1) is 12.8. The van der Waals surface area contributed by atoms with Crippen molar-refractivity contribution >= 4 is 12.0 Å². The fourth-order valence-corrected chi connectivity index (χ4v) is 1.03. The molecule has 1 rings (SSSR count). The first-order valence-electron chi connectivity index (χ1n) is 4.38. The highest BCUT2D eigenvalue weighted by molar-refractivity contribution is 5.92. The maximum atomic E-state index is 12.2. The summed E-state index contributed by atoms with van der Waals surface area (Å²) in [4.78, 5) is 13.0. The van der Waals surface area contributed by atoms with E-state index < -0.39 is 17.6 Å². The molecule has 1 aromatic carbocycles. The second kappa shape index (κ2) is 5.18. The third-order valence-electron chi connectivity index (χ3n) is 1.80. The molecule has 0 radical (unpaired) electrons. The van der Waals surface area contributed by atoms with Crippen LogP contribution < -0.4 is 0 Å². The quantitative estimate of drug-likeness (QED) is 0.338. The van der Waals surface area contributed by atoms with E-state index in [-0.39, 0.29) is 0 Å². The molecule has 1 amide bonds. The van der Waals surface area contributed by atoms with Gasteiger partial charge in [0.15, 0.2) is 0 Å². The Morgan fingerprint density at radius 2 is 1.88 bits per heavy atom. The summed E-state index contributed by atoms with van der Waals surface area (Å²) in [7, 11) is 0. The Morgan fingerprint density at radius 1 is 1.29 bits per heavy atom. The number of carbonyl (C=O) groups excluding carboxylic acids is 1. The zero-order chi connectivity index (χ0) is 12.9. The lowest BCUT2D eigenvalue weighted by Crippen LogP contribution is -2.03. The van der Waals surface area contributed by atoms with Crippen LogP contribution in [0.4, 0.5) is 13.2 Å². The lowest BCUT2D eigenvalue weighted by molar-refractivity contribution is -0.137. The van der Waals surface area contributed by atoms with Crippen LogP contribution in [0.1, 0.15) is 11.1 Å². The molecule has 4 nitrogen and oxygen atoms in total. The van der Waals surface area contributed by atoms with Gasteiger partial charge in [-0.05, 0) is 34.4 Å². The SMILES string of the molecule is [N-]=[N+]=NC(=O)/C=C/c1ccc(C(F)(F)F)cc1. The average Bonchev–Trinajstić information content (AvgIpc) is 2.26. The second-order valence-corrected chi connectivity index (χ2v) is 2.98. The molecular formula is C10H6F3N3O. The molecule has 0 unspecified atom stereocenters. The van der Waals surface area contributed by atoms with Crippen molar-refractivity contribution in [2.45, 2.75) is 6.18 Å². The summed E-state index contributed by atoms with van der Waals surface area (Å²) in [5.41, 5.74) is 7.57. The molecule has 0 bridgehead atoms. The Labute approximate surface area is 94.0 Å². The number of rotatable bonds is 2. The highest BCUT2D eigenvalue weighted by atomic mass is 19.4. The normalized spacial score (nSPS) is 11.2. The van der Waals surface area contributed by atoms with E-state index in [0.717, 1.165) is 18.2 Å². The average molecular weight is 241 g/mol. The topological polar surface area (TPSA) is 65.8 Å². The van der Waals surface area contributed by atoms with Gasteiger partial charge in [0.05, 0.1) is 5.56 Å². The van der Waals surface area contributed by atoms with Crippen molar-refractivity contribution in [3.8, 4) is 0 Å². The summed E-state index contributed by atoms with van der Waals surface area (Å²) < 4.78 is 36.6. The third kappa shape index (κ3) is 4.00. The van der Waals surface area contributed by atoms with Gasteiger partial charge in [0.2, 0.25) is 5.91 Å². The van der Waals surface area contributed by atoms with Crippen LogP contribution in [0.25, 0.3) is 16.5 Å². The van der Waals surface area contributed by atoms with Crippen molar-refractivity contribution in [2.75, 3.05) is 0 Å². The third-order valence-corrected chi connectivity index (χ3v) is 1.80. The number of hydrogen-bond acceptors (Lipinski definition) is 1. The second-order valence-electron chi connectivity index (χ2n) is 2.98. The minimum atomic E-state index is -4.39. The summed E-state index contributed by atoms with van der Waals surface area (Å²) in [5.74, 6) is -0.813. The van der Waals surface area contributed by atoms with Gasteiger partial charge in [-0.3, -0.25) is 4.79 Å². The summed E-state index contributed by atoms with van der Waals surface area (Å²) in [6.45, 7) is 0. The smallest absolute Gasteiger partial charge is 0.288 e. The van der Waals surface area contributed by atoms with E-state index in [1.807, 2.05) is 0 Å². The number of halogens is 3. The number of carbonyl (C=O) groups is 1. The first-order chi connectivity index (χ1) is 7.93. The standard InChI is InChI=1S/C10H6F3N3O/c11-10(12,13)8-4-1-7(2-5-8)3-6-9(17)15-16-14/h1-6H/b6-3+. The van der Waals surface area contributed by atoms with E-state index in [0.29, 0.717) is 5.56 Å². The van der Waals surface area contributed by atoms with Gasteiger partial charge in [-0.25, -0.2) is 0 Å². The Balaban J connectivity index is 2.82. The Kier molecular flexibility index (Phi) is 3.90. The molecule has 0 spiro atoms. The lowest BCUT2D eigenvalue weighted by atomic mass is 10.1. The van der Waals surface area contributed by atoms with Gasteiger partial charge in [0.1, 0.15) is 0 Å². The minimum Gasteiger partial charge on any atom is -0.288 e. The molecule has 0 aliphatic heterocycles. The molecule has 0 saturated heterocycles. The molecule has 0 aromatic heterocycles. The molecule has 0 heterocycles. The van der Waals surface area contributed by atoms with Crippen molar-refractivity contribution in [3.63, 3.8) is 0 Å². The van der Waals surface area contributed by atoms with Crippen molar-refractivity contribution in [1.82, 2.24) is 0 Å². The number of hydrogen-bond donors (Lipinski definition) is 0. The maximum Gasteiger partial charge on any atom is 0.416 e. The zero-order valence-corrected chi connectivity index (χ0v) is 8.35.